The molecule has 2 aromatic carbocycles. The number of benzene rings is 2. The molecule has 0 saturated heterocycles. The van der Waals surface area contributed by atoms with Crippen molar-refractivity contribution in [3.63, 3.8) is 0 Å². The van der Waals surface area contributed by atoms with E-state index in [1.165, 1.54) is 18.2 Å². The number of carbonyl (C=O) groups excluding carboxylic acids is 1. The highest BCUT2D eigenvalue weighted by molar-refractivity contribution is 7.16. The van der Waals surface area contributed by atoms with Crippen LogP contribution in [0.15, 0.2) is 64.8 Å². The Morgan fingerprint density at radius 2 is 1.93 bits per heavy atom. The third-order valence-corrected chi connectivity index (χ3v) is 5.55. The van der Waals surface area contributed by atoms with Gasteiger partial charge in [-0.05, 0) is 25.1 Å². The zero-order valence-electron chi connectivity index (χ0n) is 14.9. The Hall–Kier alpha value is -3.19. The first-order chi connectivity index (χ1) is 13.5. The number of rotatable bonds is 3. The minimum Gasteiger partial charge on any atom is -0.462 e. The molecule has 0 fully saturated rings. The Bertz CT molecular complexity index is 1180. The van der Waals surface area contributed by atoms with Crippen molar-refractivity contribution in [3.05, 3.63) is 86.5 Å². The van der Waals surface area contributed by atoms with E-state index in [0.29, 0.717) is 10.1 Å². The van der Waals surface area contributed by atoms with E-state index >= 15 is 0 Å². The smallest absolute Gasteiger partial charge is 0.340 e. The molecule has 1 aliphatic heterocycles. The molecule has 4 rings (SSSR count). The highest BCUT2D eigenvalue weighted by Crippen LogP contribution is 2.45. The summed E-state index contributed by atoms with van der Waals surface area (Å²) in [6.07, 6.45) is 0. The minimum atomic E-state index is -1.02. The predicted molar refractivity (Wildman–Crippen MR) is 105 cm³/mol. The maximum atomic E-state index is 14.7. The van der Waals surface area contributed by atoms with Gasteiger partial charge in [-0.25, -0.2) is 9.18 Å². The largest absolute Gasteiger partial charge is 0.462 e. The van der Waals surface area contributed by atoms with Gasteiger partial charge < -0.3 is 15.2 Å². The molecule has 0 aliphatic carbocycles. The fourth-order valence-electron chi connectivity index (χ4n) is 3.39. The van der Waals surface area contributed by atoms with Gasteiger partial charge in [0.25, 0.3) is 0 Å². The summed E-state index contributed by atoms with van der Waals surface area (Å²) in [7, 11) is 0. The van der Waals surface area contributed by atoms with Crippen LogP contribution in [-0.4, -0.2) is 12.6 Å². The van der Waals surface area contributed by atoms with Gasteiger partial charge in [-0.3, -0.25) is 4.79 Å². The van der Waals surface area contributed by atoms with Gasteiger partial charge in [-0.15, -0.1) is 0 Å². The van der Waals surface area contributed by atoms with Crippen LogP contribution in [0.4, 0.5) is 4.39 Å². The molecular formula is C21H16FNO4S. The van der Waals surface area contributed by atoms with Crippen LogP contribution in [0, 0.1) is 5.82 Å². The monoisotopic (exact) mass is 397 g/mol. The molecule has 142 valence electrons. The zero-order valence-corrected chi connectivity index (χ0v) is 15.7. The predicted octanol–water partition coefficient (Wildman–Crippen LogP) is 3.66. The fraction of sp³-hybridized carbons (Fsp3) is 0.143. The third kappa shape index (κ3) is 2.84. The Morgan fingerprint density at radius 1 is 1.21 bits per heavy atom. The lowest BCUT2D eigenvalue weighted by molar-refractivity contribution is -0.139. The molecular weight excluding hydrogens is 381 g/mol. The van der Waals surface area contributed by atoms with Crippen molar-refractivity contribution in [2.75, 3.05) is 6.61 Å². The van der Waals surface area contributed by atoms with Crippen LogP contribution in [0.25, 0.3) is 10.1 Å². The Kier molecular flexibility index (Phi) is 4.60. The maximum Gasteiger partial charge on any atom is 0.340 e. The average molecular weight is 397 g/mol. The standard InChI is InChI=1S/C21H16FNO4S/c1-2-26-20(24)17-15(11-7-3-5-9-13(11)22)16-18(27-19(17)23)12-8-4-6-10-14(12)28-21(16)25/h3-10,15H,2,23H2,1H3/t15-/m1/s1. The SMILES string of the molecule is CCOC(=O)C1=C(N)Oc2c(c(=O)sc3ccccc23)[C@H]1c1ccccc1F. The number of hydrogen-bond acceptors (Lipinski definition) is 6. The lowest BCUT2D eigenvalue weighted by Gasteiger charge is -2.28. The fourth-order valence-corrected chi connectivity index (χ4v) is 4.33. The van der Waals surface area contributed by atoms with Gasteiger partial charge in [0.05, 0.1) is 18.1 Å². The molecule has 0 spiro atoms. The van der Waals surface area contributed by atoms with Gasteiger partial charge in [-0.1, -0.05) is 41.7 Å². The summed E-state index contributed by atoms with van der Waals surface area (Å²) in [6.45, 7) is 1.76. The molecule has 1 aliphatic rings. The Morgan fingerprint density at radius 3 is 2.68 bits per heavy atom. The molecule has 2 heterocycles. The molecule has 0 unspecified atom stereocenters. The highest BCUT2D eigenvalue weighted by atomic mass is 32.1. The number of hydrogen-bond donors (Lipinski definition) is 1. The van der Waals surface area contributed by atoms with Gasteiger partial charge >= 0.3 is 5.97 Å². The topological polar surface area (TPSA) is 78.6 Å². The lowest BCUT2D eigenvalue weighted by Crippen LogP contribution is -2.31. The summed E-state index contributed by atoms with van der Waals surface area (Å²) in [5.41, 5.74) is 6.36. The van der Waals surface area contributed by atoms with Gasteiger partial charge in [0.2, 0.25) is 10.6 Å². The second-order valence-electron chi connectivity index (χ2n) is 6.18. The van der Waals surface area contributed by atoms with E-state index in [2.05, 4.69) is 0 Å². The summed E-state index contributed by atoms with van der Waals surface area (Å²) < 4.78 is 25.9. The van der Waals surface area contributed by atoms with Crippen LogP contribution in [0.2, 0.25) is 0 Å². The van der Waals surface area contributed by atoms with Gasteiger partial charge in [0.15, 0.2) is 0 Å². The second kappa shape index (κ2) is 7.09. The maximum absolute atomic E-state index is 14.7. The van der Waals surface area contributed by atoms with E-state index in [-0.39, 0.29) is 39.7 Å². The van der Waals surface area contributed by atoms with Gasteiger partial charge in [0, 0.05) is 15.6 Å². The first-order valence-corrected chi connectivity index (χ1v) is 9.49. The molecule has 1 aromatic heterocycles. The number of halogens is 1. The third-order valence-electron chi connectivity index (χ3n) is 4.57. The van der Waals surface area contributed by atoms with Crippen molar-refractivity contribution in [1.82, 2.24) is 0 Å². The molecule has 0 amide bonds. The molecule has 0 saturated carbocycles. The number of nitrogens with two attached hydrogens (primary N) is 1. The Labute approximate surface area is 163 Å². The lowest BCUT2D eigenvalue weighted by atomic mass is 9.83. The summed E-state index contributed by atoms with van der Waals surface area (Å²) in [6, 6.07) is 13.2. The van der Waals surface area contributed by atoms with Gasteiger partial charge in [0.1, 0.15) is 17.1 Å². The first kappa shape index (κ1) is 18.2. The van der Waals surface area contributed by atoms with Crippen LogP contribution in [0.5, 0.6) is 5.75 Å². The summed E-state index contributed by atoms with van der Waals surface area (Å²) in [4.78, 5) is 25.6. The molecule has 0 radical (unpaired) electrons. The van der Waals surface area contributed by atoms with Crippen LogP contribution >= 0.6 is 11.3 Å². The normalized spacial score (nSPS) is 15.9. The van der Waals surface area contributed by atoms with E-state index in [1.807, 2.05) is 12.1 Å². The van der Waals surface area contributed by atoms with Crippen molar-refractivity contribution >= 4 is 27.4 Å². The number of ether oxygens (including phenoxy) is 2. The first-order valence-electron chi connectivity index (χ1n) is 8.67. The summed E-state index contributed by atoms with van der Waals surface area (Å²) in [5.74, 6) is -2.25. The van der Waals surface area contributed by atoms with Crippen LogP contribution in [-0.2, 0) is 9.53 Å². The summed E-state index contributed by atoms with van der Waals surface area (Å²) >= 11 is 1.02. The molecule has 1 atom stereocenters. The highest BCUT2D eigenvalue weighted by Gasteiger charge is 2.39. The van der Waals surface area contributed by atoms with Crippen LogP contribution in [0.1, 0.15) is 24.0 Å². The van der Waals surface area contributed by atoms with Crippen molar-refractivity contribution in [3.8, 4) is 5.75 Å². The number of fused-ring (bicyclic) bond motifs is 3. The van der Waals surface area contributed by atoms with Crippen molar-refractivity contribution in [2.45, 2.75) is 12.8 Å². The van der Waals surface area contributed by atoms with E-state index < -0.39 is 17.7 Å². The van der Waals surface area contributed by atoms with Crippen molar-refractivity contribution in [2.24, 2.45) is 5.73 Å². The second-order valence-corrected chi connectivity index (χ2v) is 7.20. The molecule has 3 aromatic rings. The van der Waals surface area contributed by atoms with Gasteiger partial charge in [-0.2, -0.15) is 0 Å². The van der Waals surface area contributed by atoms with Crippen molar-refractivity contribution < 1.29 is 18.7 Å². The van der Waals surface area contributed by atoms with E-state index in [4.69, 9.17) is 15.2 Å². The van der Waals surface area contributed by atoms with Crippen LogP contribution < -0.4 is 15.2 Å². The van der Waals surface area contributed by atoms with E-state index in [9.17, 15) is 14.0 Å². The average Bonchev–Trinajstić information content (AvgIpc) is 2.67. The summed E-state index contributed by atoms with van der Waals surface area (Å²) in [5, 5.41) is 0.675. The molecule has 0 bridgehead atoms. The number of esters is 1. The molecule has 28 heavy (non-hydrogen) atoms. The molecule has 7 heteroatoms. The van der Waals surface area contributed by atoms with Crippen LogP contribution in [0.3, 0.4) is 0 Å². The molecule has 5 nitrogen and oxygen atoms in total. The number of carbonyl (C=O) groups is 1. The quantitative estimate of drug-likeness (QED) is 0.683. The zero-order chi connectivity index (χ0) is 19.8. The van der Waals surface area contributed by atoms with E-state index in [0.717, 1.165) is 11.3 Å². The van der Waals surface area contributed by atoms with E-state index in [1.54, 1.807) is 25.1 Å². The minimum absolute atomic E-state index is 0.0703. The Balaban J connectivity index is 2.07. The molecule has 2 N–H and O–H groups in total. The van der Waals surface area contributed by atoms with Crippen molar-refractivity contribution in [1.29, 1.82) is 0 Å².